The van der Waals surface area contributed by atoms with Crippen LogP contribution < -0.4 is 5.32 Å². The Kier molecular flexibility index (Phi) is 4.38. The van der Waals surface area contributed by atoms with Crippen LogP contribution in [0.3, 0.4) is 0 Å². The van der Waals surface area contributed by atoms with Crippen LogP contribution in [0.5, 0.6) is 0 Å². The molecule has 1 aromatic rings. The van der Waals surface area contributed by atoms with Crippen molar-refractivity contribution in [2.75, 3.05) is 13.6 Å². The summed E-state index contributed by atoms with van der Waals surface area (Å²) in [7, 11) is 1.60. The first-order chi connectivity index (χ1) is 7.06. The molecule has 0 aliphatic carbocycles. The number of nitrogens with one attached hydrogen (secondary N) is 1. The van der Waals surface area contributed by atoms with Crippen molar-refractivity contribution in [1.82, 2.24) is 5.32 Å². The van der Waals surface area contributed by atoms with Crippen molar-refractivity contribution >= 4 is 21.7 Å². The van der Waals surface area contributed by atoms with Gasteiger partial charge < -0.3 is 10.4 Å². The molecule has 0 bridgehead atoms. The van der Waals surface area contributed by atoms with E-state index in [0.717, 1.165) is 0 Å². The van der Waals surface area contributed by atoms with Crippen molar-refractivity contribution in [3.63, 3.8) is 0 Å². The lowest BCUT2D eigenvalue weighted by atomic mass is 10.1. The molecule has 1 aromatic carbocycles. The first-order valence-electron chi connectivity index (χ1n) is 4.38. The van der Waals surface area contributed by atoms with Gasteiger partial charge in [0.2, 0.25) is 0 Å². The standard InChI is InChI=1S/C10H11BrFNO2/c1-13-5-9(14)10(15)7-4-6(11)2-3-8(7)12/h2-4,9,13-14H,5H2,1H3. The molecule has 1 atom stereocenters. The van der Waals surface area contributed by atoms with Crippen molar-refractivity contribution < 1.29 is 14.3 Å². The molecule has 3 nitrogen and oxygen atoms in total. The minimum atomic E-state index is -1.22. The highest BCUT2D eigenvalue weighted by molar-refractivity contribution is 9.10. The van der Waals surface area contributed by atoms with Gasteiger partial charge in [-0.25, -0.2) is 4.39 Å². The van der Waals surface area contributed by atoms with Crippen LogP contribution in [0, 0.1) is 5.82 Å². The maximum atomic E-state index is 13.2. The summed E-state index contributed by atoms with van der Waals surface area (Å²) >= 11 is 3.14. The highest BCUT2D eigenvalue weighted by atomic mass is 79.9. The number of aliphatic hydroxyl groups excluding tert-OH is 1. The molecular weight excluding hydrogens is 265 g/mol. The number of rotatable bonds is 4. The van der Waals surface area contributed by atoms with E-state index in [1.807, 2.05) is 0 Å². The van der Waals surface area contributed by atoms with Crippen LogP contribution in [0.1, 0.15) is 10.4 Å². The summed E-state index contributed by atoms with van der Waals surface area (Å²) < 4.78 is 13.8. The van der Waals surface area contributed by atoms with Gasteiger partial charge in [-0.1, -0.05) is 15.9 Å². The smallest absolute Gasteiger partial charge is 0.195 e. The fraction of sp³-hybridized carbons (Fsp3) is 0.300. The number of halogens is 2. The Labute approximate surface area is 95.4 Å². The summed E-state index contributed by atoms with van der Waals surface area (Å²) in [6.07, 6.45) is -1.22. The molecule has 0 saturated carbocycles. The Hall–Kier alpha value is -0.780. The Morgan fingerprint density at radius 1 is 1.67 bits per heavy atom. The monoisotopic (exact) mass is 275 g/mol. The van der Waals surface area contributed by atoms with Crippen LogP contribution in [0.25, 0.3) is 0 Å². The molecule has 0 heterocycles. The average molecular weight is 276 g/mol. The van der Waals surface area contributed by atoms with Crippen LogP contribution in [-0.4, -0.2) is 30.6 Å². The molecule has 1 rings (SSSR count). The summed E-state index contributed by atoms with van der Waals surface area (Å²) in [5.74, 6) is -1.25. The van der Waals surface area contributed by atoms with E-state index in [4.69, 9.17) is 0 Å². The van der Waals surface area contributed by atoms with Crippen LogP contribution in [0.2, 0.25) is 0 Å². The number of carbonyl (C=O) groups excluding carboxylic acids is 1. The van der Waals surface area contributed by atoms with Crippen molar-refractivity contribution in [3.8, 4) is 0 Å². The number of likely N-dealkylation sites (N-methyl/N-ethyl adjacent to an activating group) is 1. The minimum absolute atomic E-state index is 0.102. The molecule has 0 aromatic heterocycles. The van der Waals surface area contributed by atoms with Gasteiger partial charge in [0.1, 0.15) is 11.9 Å². The van der Waals surface area contributed by atoms with Gasteiger partial charge in [0, 0.05) is 11.0 Å². The molecule has 5 heteroatoms. The number of benzene rings is 1. The van der Waals surface area contributed by atoms with Gasteiger partial charge in [-0.3, -0.25) is 4.79 Å². The fourth-order valence-corrected chi connectivity index (χ4v) is 1.51. The normalized spacial score (nSPS) is 12.5. The van der Waals surface area contributed by atoms with E-state index >= 15 is 0 Å². The highest BCUT2D eigenvalue weighted by Gasteiger charge is 2.19. The molecule has 15 heavy (non-hydrogen) atoms. The maximum Gasteiger partial charge on any atom is 0.195 e. The molecule has 0 spiro atoms. The Bertz CT molecular complexity index is 370. The van der Waals surface area contributed by atoms with E-state index in [1.54, 1.807) is 7.05 Å². The Morgan fingerprint density at radius 2 is 2.33 bits per heavy atom. The zero-order valence-electron chi connectivity index (χ0n) is 8.13. The first-order valence-corrected chi connectivity index (χ1v) is 5.17. The zero-order chi connectivity index (χ0) is 11.4. The van der Waals surface area contributed by atoms with Gasteiger partial charge in [-0.15, -0.1) is 0 Å². The van der Waals surface area contributed by atoms with Gasteiger partial charge in [0.05, 0.1) is 5.56 Å². The van der Waals surface area contributed by atoms with Crippen molar-refractivity contribution in [3.05, 3.63) is 34.1 Å². The summed E-state index contributed by atoms with van der Waals surface area (Å²) in [5.41, 5.74) is -0.105. The lowest BCUT2D eigenvalue weighted by molar-refractivity contribution is 0.0746. The second kappa shape index (κ2) is 5.34. The van der Waals surface area contributed by atoms with E-state index in [0.29, 0.717) is 4.47 Å². The molecular formula is C10H11BrFNO2. The molecule has 0 fully saturated rings. The van der Waals surface area contributed by atoms with E-state index < -0.39 is 17.7 Å². The SMILES string of the molecule is CNCC(O)C(=O)c1cc(Br)ccc1F. The van der Waals surface area contributed by atoms with Crippen LogP contribution in [-0.2, 0) is 0 Å². The maximum absolute atomic E-state index is 13.2. The van der Waals surface area contributed by atoms with Crippen molar-refractivity contribution in [2.45, 2.75) is 6.10 Å². The summed E-state index contributed by atoms with van der Waals surface area (Å²) in [5, 5.41) is 12.0. The van der Waals surface area contributed by atoms with Gasteiger partial charge in [-0.05, 0) is 25.2 Å². The van der Waals surface area contributed by atoms with E-state index in [-0.39, 0.29) is 12.1 Å². The minimum Gasteiger partial charge on any atom is -0.384 e. The predicted octanol–water partition coefficient (Wildman–Crippen LogP) is 1.35. The van der Waals surface area contributed by atoms with E-state index in [9.17, 15) is 14.3 Å². The number of aliphatic hydroxyl groups is 1. The summed E-state index contributed by atoms with van der Waals surface area (Å²) in [6.45, 7) is 0.102. The molecule has 2 N–H and O–H groups in total. The van der Waals surface area contributed by atoms with Crippen LogP contribution in [0.15, 0.2) is 22.7 Å². The van der Waals surface area contributed by atoms with Gasteiger partial charge in [0.25, 0.3) is 0 Å². The number of hydrogen-bond donors (Lipinski definition) is 2. The molecule has 82 valence electrons. The lowest BCUT2D eigenvalue weighted by Crippen LogP contribution is -2.31. The van der Waals surface area contributed by atoms with Gasteiger partial charge in [-0.2, -0.15) is 0 Å². The topological polar surface area (TPSA) is 49.3 Å². The largest absolute Gasteiger partial charge is 0.384 e. The van der Waals surface area contributed by atoms with E-state index in [2.05, 4.69) is 21.2 Å². The Morgan fingerprint density at radius 3 is 2.93 bits per heavy atom. The number of Topliss-reactive ketones (excluding diaryl/α,β-unsaturated/α-hetero) is 1. The number of ketones is 1. The van der Waals surface area contributed by atoms with Gasteiger partial charge in [0.15, 0.2) is 5.78 Å². The number of hydrogen-bond acceptors (Lipinski definition) is 3. The summed E-state index contributed by atoms with van der Waals surface area (Å²) in [6, 6.07) is 4.04. The molecule has 0 aliphatic rings. The van der Waals surface area contributed by atoms with Crippen molar-refractivity contribution in [2.24, 2.45) is 0 Å². The third-order valence-electron chi connectivity index (χ3n) is 1.89. The van der Waals surface area contributed by atoms with Crippen molar-refractivity contribution in [1.29, 1.82) is 0 Å². The summed E-state index contributed by atoms with van der Waals surface area (Å²) in [4.78, 5) is 11.6. The van der Waals surface area contributed by atoms with Crippen LogP contribution in [0.4, 0.5) is 4.39 Å². The lowest BCUT2D eigenvalue weighted by Gasteiger charge is -2.09. The molecule has 0 aliphatic heterocycles. The third kappa shape index (κ3) is 3.09. The quantitative estimate of drug-likeness (QED) is 0.816. The predicted molar refractivity (Wildman–Crippen MR) is 58.4 cm³/mol. The van der Waals surface area contributed by atoms with E-state index in [1.165, 1.54) is 18.2 Å². The Balaban J connectivity index is 2.95. The van der Waals surface area contributed by atoms with Gasteiger partial charge >= 0.3 is 0 Å². The average Bonchev–Trinajstić information content (AvgIpc) is 2.21. The second-order valence-electron chi connectivity index (χ2n) is 3.06. The first kappa shape index (κ1) is 12.3. The van der Waals surface area contributed by atoms with Crippen LogP contribution >= 0.6 is 15.9 Å². The highest BCUT2D eigenvalue weighted by Crippen LogP contribution is 2.16. The zero-order valence-corrected chi connectivity index (χ0v) is 9.71. The molecule has 0 saturated heterocycles. The third-order valence-corrected chi connectivity index (χ3v) is 2.39. The molecule has 0 amide bonds. The molecule has 0 radical (unpaired) electrons. The fourth-order valence-electron chi connectivity index (χ4n) is 1.15. The second-order valence-corrected chi connectivity index (χ2v) is 3.98. The molecule has 1 unspecified atom stereocenters. The number of carbonyl (C=O) groups is 1.